The summed E-state index contributed by atoms with van der Waals surface area (Å²) in [6, 6.07) is 27.9. The van der Waals surface area contributed by atoms with Gasteiger partial charge in [0.2, 0.25) is 0 Å². The second-order valence-corrected chi connectivity index (χ2v) is 21.4. The number of carbonyl (C=O) groups excluding carboxylic acids is 2. The molecule has 0 unspecified atom stereocenters. The summed E-state index contributed by atoms with van der Waals surface area (Å²) in [5.74, 6) is 0.241. The Balaban J connectivity index is 0.583. The molecule has 0 bridgehead atoms. The molecule has 6 N–H and O–H groups in total. The van der Waals surface area contributed by atoms with Crippen LogP contribution in [0.15, 0.2) is 97.3 Å². The van der Waals surface area contributed by atoms with Gasteiger partial charge in [-0.15, -0.1) is 0 Å². The van der Waals surface area contributed by atoms with Crippen LogP contribution in [0.1, 0.15) is 58.1 Å². The number of ether oxygens (including phenoxy) is 4. The minimum Gasteiger partial charge on any atom is -0.381 e. The summed E-state index contributed by atoms with van der Waals surface area (Å²) >= 11 is 26.1. The average Bonchev–Trinajstić information content (AvgIpc) is 3.57. The van der Waals surface area contributed by atoms with Gasteiger partial charge < -0.3 is 60.6 Å². The van der Waals surface area contributed by atoms with Crippen molar-refractivity contribution >= 4 is 69.8 Å². The fraction of sp³-hybridized carbons (Fsp3) is 0.414. The number of anilines is 2. The molecule has 22 heteroatoms. The Kier molecular flexibility index (Phi) is 23.6. The highest BCUT2D eigenvalue weighted by atomic mass is 35.5. The Bertz CT molecular complexity index is 2790. The fourth-order valence-corrected chi connectivity index (χ4v) is 10.9. The molecule has 2 atom stereocenters. The quantitative estimate of drug-likeness (QED) is 0.0243. The minimum atomic E-state index is -0.271. The van der Waals surface area contributed by atoms with Gasteiger partial charge in [0.05, 0.1) is 88.0 Å². The first-order valence-corrected chi connectivity index (χ1v) is 28.5. The maximum atomic E-state index is 12.2. The number of fused-ring (bicyclic) bond motifs is 2. The van der Waals surface area contributed by atoms with E-state index in [-0.39, 0.29) is 23.9 Å². The second kappa shape index (κ2) is 31.3. The van der Waals surface area contributed by atoms with Crippen molar-refractivity contribution in [2.24, 2.45) is 0 Å². The van der Waals surface area contributed by atoms with Crippen LogP contribution in [-0.4, -0.2) is 162 Å². The summed E-state index contributed by atoms with van der Waals surface area (Å²) in [6.45, 7) is 9.42. The lowest BCUT2D eigenvalue weighted by Gasteiger charge is -2.33. The van der Waals surface area contributed by atoms with Crippen molar-refractivity contribution in [3.63, 3.8) is 0 Å². The first-order chi connectivity index (χ1) is 39.0. The lowest BCUT2D eigenvalue weighted by atomic mass is 9.84. The standard InChI is InChI=1S/C58H70Cl4N12O6/c1-73-35-49(47-27-43(59)29-53(61)51(47)37-73)39-7-5-9-41(25-39)55-31-45(33-69-71-55)63-13-17-77-21-23-79-19-15-67-57(75)65-11-3-4-12-66-58(76)68-16-20-80-24-22-78-18-14-64-46-32-56(72-70-34-46)42-10-6-8-40(26-42)50-36-74(2)38-52-48(50)28-44(60)30-54(52)62/h5-10,25-34,49-50H,3-4,11-24,35-38H2,1-2H3,(H,63,71)(H,64,72)(H2,65,67,75)(H2,66,68,76)/t49-,50-/m0/s1. The van der Waals surface area contributed by atoms with E-state index in [0.29, 0.717) is 125 Å². The molecule has 0 radical (unpaired) electrons. The van der Waals surface area contributed by atoms with Gasteiger partial charge in [-0.3, -0.25) is 0 Å². The van der Waals surface area contributed by atoms with E-state index >= 15 is 0 Å². The number of halogens is 4. The third-order valence-electron chi connectivity index (χ3n) is 13.6. The van der Waals surface area contributed by atoms with Crippen molar-refractivity contribution in [2.45, 2.75) is 37.8 Å². The van der Waals surface area contributed by atoms with E-state index in [0.717, 1.165) is 93.4 Å². The summed E-state index contributed by atoms with van der Waals surface area (Å²) in [5, 5.41) is 37.9. The van der Waals surface area contributed by atoms with Crippen molar-refractivity contribution in [1.29, 1.82) is 0 Å². The maximum Gasteiger partial charge on any atom is 0.314 e. The van der Waals surface area contributed by atoms with Gasteiger partial charge in [-0.25, -0.2) is 9.59 Å². The van der Waals surface area contributed by atoms with Crippen LogP contribution in [0.5, 0.6) is 0 Å². The van der Waals surface area contributed by atoms with Gasteiger partial charge in [-0.1, -0.05) is 82.8 Å². The van der Waals surface area contributed by atoms with E-state index in [9.17, 15) is 9.59 Å². The number of benzene rings is 4. The number of rotatable bonds is 29. The molecule has 4 heterocycles. The molecular weight excluding hydrogens is 1100 g/mol. The SMILES string of the molecule is CN1Cc2c(Cl)cc(Cl)cc2[C@H](c2cccc(-c3cc(NCCOCCOCCNC(=O)NCCCCNC(=O)NCCOCCOCCNc4cnnc(-c5cccc([C@@H]6CN(C)Cc7c(Cl)cc(Cl)cc76)c5)c4)cnn3)c2)C1. The summed E-state index contributed by atoms with van der Waals surface area (Å²) in [7, 11) is 4.20. The zero-order chi connectivity index (χ0) is 56.1. The van der Waals surface area contributed by atoms with E-state index in [2.05, 4.69) is 100 Å². The van der Waals surface area contributed by atoms with Crippen molar-refractivity contribution in [3.8, 4) is 22.5 Å². The number of amides is 4. The number of likely N-dealkylation sites (N-methyl/N-ethyl adjacent to an activating group) is 2. The summed E-state index contributed by atoms with van der Waals surface area (Å²) in [6.07, 6.45) is 4.80. The van der Waals surface area contributed by atoms with Crippen LogP contribution in [0, 0.1) is 0 Å². The monoisotopic (exact) mass is 1170 g/mol. The van der Waals surface area contributed by atoms with E-state index in [4.69, 9.17) is 65.4 Å². The molecule has 2 aliphatic heterocycles. The van der Waals surface area contributed by atoms with E-state index in [1.165, 1.54) is 0 Å². The first kappa shape index (κ1) is 60.2. The van der Waals surface area contributed by atoms with Crippen LogP contribution in [-0.2, 0) is 32.0 Å². The molecule has 6 aromatic rings. The van der Waals surface area contributed by atoms with Crippen LogP contribution in [0.25, 0.3) is 22.5 Å². The highest BCUT2D eigenvalue weighted by Crippen LogP contribution is 2.41. The lowest BCUT2D eigenvalue weighted by molar-refractivity contribution is 0.0533. The summed E-state index contributed by atoms with van der Waals surface area (Å²) < 4.78 is 22.7. The van der Waals surface area contributed by atoms with Gasteiger partial charge in [-0.2, -0.15) is 20.4 Å². The van der Waals surface area contributed by atoms with Crippen LogP contribution in [0.3, 0.4) is 0 Å². The molecule has 0 aliphatic carbocycles. The highest BCUT2D eigenvalue weighted by Gasteiger charge is 2.29. The number of nitrogens with zero attached hydrogens (tertiary/aromatic N) is 6. The van der Waals surface area contributed by atoms with Gasteiger partial charge >= 0.3 is 12.1 Å². The van der Waals surface area contributed by atoms with Crippen molar-refractivity contribution in [2.75, 3.05) is 130 Å². The number of carbonyl (C=O) groups is 2. The Hall–Kier alpha value is -5.90. The van der Waals surface area contributed by atoms with E-state index < -0.39 is 0 Å². The predicted octanol–water partition coefficient (Wildman–Crippen LogP) is 9.34. The van der Waals surface area contributed by atoms with Crippen LogP contribution >= 0.6 is 46.4 Å². The Morgan fingerprint density at radius 3 is 1.34 bits per heavy atom. The minimum absolute atomic E-state index is 0.121. The first-order valence-electron chi connectivity index (χ1n) is 27.0. The molecule has 80 heavy (non-hydrogen) atoms. The Labute approximate surface area is 488 Å². The number of unbranched alkanes of at least 4 members (excludes halogenated alkanes) is 1. The third-order valence-corrected chi connectivity index (χ3v) is 14.7. The molecule has 4 amide bonds. The highest BCUT2D eigenvalue weighted by molar-refractivity contribution is 6.35. The molecule has 426 valence electrons. The number of aromatic nitrogens is 4. The summed E-state index contributed by atoms with van der Waals surface area (Å²) in [5.41, 5.74) is 12.0. The molecule has 0 fully saturated rings. The van der Waals surface area contributed by atoms with Gasteiger partial charge in [0.25, 0.3) is 0 Å². The number of nitrogens with one attached hydrogen (secondary N) is 6. The maximum absolute atomic E-state index is 12.2. The largest absolute Gasteiger partial charge is 0.381 e. The molecule has 0 spiro atoms. The van der Waals surface area contributed by atoms with Crippen LogP contribution in [0.4, 0.5) is 21.0 Å². The Morgan fingerprint density at radius 1 is 0.512 bits per heavy atom. The average molecular weight is 1170 g/mol. The van der Waals surface area contributed by atoms with Crippen molar-refractivity contribution < 1.29 is 28.5 Å². The number of hydrogen-bond donors (Lipinski definition) is 6. The molecule has 0 saturated carbocycles. The number of urea groups is 2. The van der Waals surface area contributed by atoms with Gasteiger partial charge in [0.15, 0.2) is 0 Å². The molecule has 4 aromatic carbocycles. The number of hydrogen-bond acceptors (Lipinski definition) is 14. The molecule has 2 aliphatic rings. The molecular formula is C58H70Cl4N12O6. The van der Waals surface area contributed by atoms with E-state index in [1.807, 2.05) is 60.7 Å². The van der Waals surface area contributed by atoms with Gasteiger partial charge in [0.1, 0.15) is 0 Å². The smallest absolute Gasteiger partial charge is 0.314 e. The predicted molar refractivity (Wildman–Crippen MR) is 317 cm³/mol. The van der Waals surface area contributed by atoms with Crippen molar-refractivity contribution in [1.82, 2.24) is 51.5 Å². The van der Waals surface area contributed by atoms with Crippen LogP contribution in [0.2, 0.25) is 20.1 Å². The normalized spacial score (nSPS) is 15.2. The van der Waals surface area contributed by atoms with Gasteiger partial charge in [-0.05, 0) is 109 Å². The molecule has 2 aromatic heterocycles. The van der Waals surface area contributed by atoms with Crippen molar-refractivity contribution in [3.05, 3.63) is 151 Å². The molecule has 0 saturated heterocycles. The zero-order valence-corrected chi connectivity index (χ0v) is 48.2. The molecule has 18 nitrogen and oxygen atoms in total. The Morgan fingerprint density at radius 2 is 0.912 bits per heavy atom. The fourth-order valence-electron chi connectivity index (χ4n) is 9.73. The van der Waals surface area contributed by atoms with Crippen LogP contribution < -0.4 is 31.9 Å². The zero-order valence-electron chi connectivity index (χ0n) is 45.2. The van der Waals surface area contributed by atoms with E-state index in [1.54, 1.807) is 12.4 Å². The lowest BCUT2D eigenvalue weighted by Crippen LogP contribution is -2.39. The van der Waals surface area contributed by atoms with Gasteiger partial charge in [0, 0.05) is 109 Å². The molecule has 8 rings (SSSR count). The third kappa shape index (κ3) is 18.3. The second-order valence-electron chi connectivity index (χ2n) is 19.7. The summed E-state index contributed by atoms with van der Waals surface area (Å²) in [4.78, 5) is 28.9. The topological polar surface area (TPSA) is 201 Å².